The number of ketones is 2. The van der Waals surface area contributed by atoms with E-state index in [1.54, 1.807) is 4.31 Å². The van der Waals surface area contributed by atoms with E-state index in [0.717, 1.165) is 38.2 Å². The Balaban J connectivity index is 0.000000231. The minimum absolute atomic E-state index is 0.0214. The van der Waals surface area contributed by atoms with E-state index >= 15 is 0 Å². The van der Waals surface area contributed by atoms with Gasteiger partial charge in [-0.25, -0.2) is 44.2 Å². The number of unbranched alkanes of at least 4 members (excludes halogenated alkanes) is 2. The maximum Gasteiger partial charge on any atom is 0.224 e. The fraction of sp³-hybridized carbons (Fsp3) is 0.522. The van der Waals surface area contributed by atoms with E-state index < -0.39 is 43.2 Å². The number of benzene rings is 2. The average molecular weight is 1030 g/mol. The van der Waals surface area contributed by atoms with Gasteiger partial charge in [0.1, 0.15) is 34.8 Å². The molecule has 0 atom stereocenters. The van der Waals surface area contributed by atoms with Gasteiger partial charge in [-0.3, -0.25) is 9.59 Å². The number of sulfonamides is 2. The smallest absolute Gasteiger partial charge is 0.224 e. The number of nitrogens with zero attached hydrogens (tertiary/aromatic N) is 7. The number of nitrogens with two attached hydrogens (primary N) is 2. The number of hydrogen-bond acceptors (Lipinski definition) is 17. The van der Waals surface area contributed by atoms with E-state index in [1.165, 1.54) is 68.0 Å². The highest BCUT2D eigenvalue weighted by Crippen LogP contribution is 2.28. The number of hydrogen-bond donors (Lipinski definition) is 4. The molecule has 2 aromatic heterocycles. The van der Waals surface area contributed by atoms with Crippen molar-refractivity contribution in [3.05, 3.63) is 82.7 Å². The Labute approximate surface area is 413 Å². The molecule has 70 heavy (non-hydrogen) atoms. The molecule has 24 heteroatoms. The molecule has 0 unspecified atom stereocenters. The Morgan fingerprint density at radius 2 is 1.07 bits per heavy atom. The van der Waals surface area contributed by atoms with Gasteiger partial charge in [0, 0.05) is 56.5 Å². The highest BCUT2D eigenvalue weighted by Gasteiger charge is 2.30. The summed E-state index contributed by atoms with van der Waals surface area (Å²) >= 11 is 5.62. The summed E-state index contributed by atoms with van der Waals surface area (Å²) < 4.78 is 91.1. The van der Waals surface area contributed by atoms with Gasteiger partial charge in [-0.05, 0) is 120 Å². The normalized spacial score (nSPS) is 16.6. The molecular formula is C46H62ClF2N11O8S2. The Morgan fingerprint density at radius 1 is 0.657 bits per heavy atom. The molecule has 0 radical (unpaired) electrons. The number of halogens is 3. The number of nitrogen functional groups attached to an aromatic ring is 2. The van der Waals surface area contributed by atoms with Gasteiger partial charge >= 0.3 is 0 Å². The molecule has 0 spiro atoms. The lowest BCUT2D eigenvalue weighted by atomic mass is 10.0. The zero-order valence-corrected chi connectivity index (χ0v) is 41.8. The summed E-state index contributed by atoms with van der Waals surface area (Å²) in [6.07, 6.45) is 10.2. The number of piperidine rings is 2. The second kappa shape index (κ2) is 25.2. The van der Waals surface area contributed by atoms with Crippen LogP contribution in [0.5, 0.6) is 11.5 Å². The molecule has 2 aromatic carbocycles. The molecule has 19 nitrogen and oxygen atoms in total. The Kier molecular flexibility index (Phi) is 19.4. The molecule has 7 rings (SSSR count). The maximum atomic E-state index is 13.7. The predicted molar refractivity (Wildman–Crippen MR) is 265 cm³/mol. The molecule has 3 saturated heterocycles. The minimum atomic E-state index is -3.29. The zero-order chi connectivity index (χ0) is 50.4. The molecule has 382 valence electrons. The van der Waals surface area contributed by atoms with Crippen molar-refractivity contribution < 1.29 is 44.7 Å². The van der Waals surface area contributed by atoms with Gasteiger partial charge in [-0.2, -0.15) is 9.97 Å². The monoisotopic (exact) mass is 1030 g/mol. The topological polar surface area (TPSA) is 258 Å². The van der Waals surface area contributed by atoms with Crippen molar-refractivity contribution in [3.63, 3.8) is 0 Å². The summed E-state index contributed by atoms with van der Waals surface area (Å²) in [5.41, 5.74) is 12.1. The van der Waals surface area contributed by atoms with Crippen molar-refractivity contribution >= 4 is 66.7 Å². The lowest BCUT2D eigenvalue weighted by Gasteiger charge is -2.31. The number of methoxy groups -OCH3 is 2. The Morgan fingerprint density at radius 3 is 1.46 bits per heavy atom. The molecule has 3 aliphatic heterocycles. The van der Waals surface area contributed by atoms with E-state index in [2.05, 4.69) is 35.5 Å². The Bertz CT molecular complexity index is 2650. The van der Waals surface area contributed by atoms with E-state index in [0.29, 0.717) is 77.0 Å². The van der Waals surface area contributed by atoms with Gasteiger partial charge in [0.15, 0.2) is 0 Å². The molecule has 4 aromatic rings. The van der Waals surface area contributed by atoms with Crippen LogP contribution in [0.15, 0.2) is 48.8 Å². The van der Waals surface area contributed by atoms with Crippen LogP contribution < -0.4 is 31.6 Å². The number of rotatable bonds is 21. The second-order valence-corrected chi connectivity index (χ2v) is 21.8. The number of anilines is 4. The first-order valence-electron chi connectivity index (χ1n) is 23.3. The Hall–Kier alpha value is -5.33. The van der Waals surface area contributed by atoms with E-state index in [9.17, 15) is 35.2 Å². The molecular weight excluding hydrogens is 972 g/mol. The predicted octanol–water partition coefficient (Wildman–Crippen LogP) is 5.18. The fourth-order valence-corrected chi connectivity index (χ4v) is 11.8. The SMILES string of the molecule is COc1ccc(F)cc1C(=O)c1cnc(NC2CCN(S(=O)(=O)CCCCCl)CC2)nc1N.COc1ccc(F)cc1C(=O)c1cnc(NC2CCN(S(=O)(=O)CCCCN3CCCC3)CC2)nc1N. The van der Waals surface area contributed by atoms with Gasteiger partial charge in [-0.1, -0.05) is 0 Å². The number of nitrogens with one attached hydrogen (secondary N) is 2. The van der Waals surface area contributed by atoms with Crippen molar-refractivity contribution in [1.29, 1.82) is 0 Å². The standard InChI is InChI=1S/C25H35FN6O4S.C21H27ClFN5O4S/c1-36-22-7-6-18(26)16-20(22)23(33)21-17-28-25(30-24(21)27)29-19-8-13-32(14-9-19)37(34,35)15-5-4-12-31-10-2-3-11-31;1-32-18-5-4-14(23)12-16(18)19(29)17-13-25-21(27-20(17)24)26-15-6-9-28(10-7-15)33(30,31)11-3-2-8-22/h6-7,16-17,19H,2-5,8-15H2,1H3,(H3,27,28,29,30);4-5,12-13,15H,2-3,6-11H2,1H3,(H3,24,25,26,27). The first-order valence-corrected chi connectivity index (χ1v) is 27.1. The molecule has 5 heterocycles. The van der Waals surface area contributed by atoms with E-state index in [-0.39, 0.29) is 80.9 Å². The quantitative estimate of drug-likeness (QED) is 0.0476. The summed E-state index contributed by atoms with van der Waals surface area (Å²) in [6.45, 7) is 4.88. The number of alkyl halides is 1. The summed E-state index contributed by atoms with van der Waals surface area (Å²) in [4.78, 5) is 44.9. The highest BCUT2D eigenvalue weighted by molar-refractivity contribution is 7.89. The molecule has 0 saturated carbocycles. The molecule has 6 N–H and O–H groups in total. The van der Waals surface area contributed by atoms with Crippen LogP contribution in [0.25, 0.3) is 0 Å². The largest absolute Gasteiger partial charge is 0.496 e. The highest BCUT2D eigenvalue weighted by atomic mass is 35.5. The van der Waals surface area contributed by atoms with Gasteiger partial charge in [0.25, 0.3) is 0 Å². The molecule has 3 aliphatic rings. The van der Waals surface area contributed by atoms with Gasteiger partial charge < -0.3 is 36.5 Å². The lowest BCUT2D eigenvalue weighted by Crippen LogP contribution is -2.43. The first-order chi connectivity index (χ1) is 33.5. The fourth-order valence-electron chi connectivity index (χ4n) is 8.47. The van der Waals surface area contributed by atoms with Crippen LogP contribution >= 0.6 is 11.6 Å². The molecule has 3 fully saturated rings. The summed E-state index contributed by atoms with van der Waals surface area (Å²) in [5, 5.41) is 6.34. The van der Waals surface area contributed by atoms with Crippen molar-refractivity contribution in [2.24, 2.45) is 0 Å². The summed E-state index contributed by atoms with van der Waals surface area (Å²) in [5.74, 6) is -0.677. The van der Waals surface area contributed by atoms with Gasteiger partial charge in [0.05, 0.1) is 48.0 Å². The maximum absolute atomic E-state index is 13.7. The van der Waals surface area contributed by atoms with Crippen molar-refractivity contribution in [2.45, 2.75) is 76.3 Å². The van der Waals surface area contributed by atoms with Crippen LogP contribution in [-0.2, 0) is 20.0 Å². The summed E-state index contributed by atoms with van der Waals surface area (Å²) in [7, 11) is -3.78. The average Bonchev–Trinajstić information content (AvgIpc) is 3.87. The first kappa shape index (κ1) is 54.0. The van der Waals surface area contributed by atoms with Crippen molar-refractivity contribution in [1.82, 2.24) is 33.4 Å². The number of likely N-dealkylation sites (tertiary alicyclic amines) is 1. The molecule has 0 amide bonds. The van der Waals surface area contributed by atoms with E-state index in [4.69, 9.17) is 32.5 Å². The van der Waals surface area contributed by atoms with E-state index in [1.807, 2.05) is 0 Å². The summed E-state index contributed by atoms with van der Waals surface area (Å²) in [6, 6.07) is 7.23. The van der Waals surface area contributed by atoms with Crippen LogP contribution in [0.2, 0.25) is 0 Å². The zero-order valence-electron chi connectivity index (χ0n) is 39.4. The number of aromatic nitrogens is 4. The van der Waals surface area contributed by atoms with Crippen molar-refractivity contribution in [2.75, 3.05) is 99.5 Å². The third-order valence-corrected chi connectivity index (χ3v) is 16.6. The minimum Gasteiger partial charge on any atom is -0.496 e. The van der Waals surface area contributed by atoms with Crippen LogP contribution in [-0.4, -0.2) is 151 Å². The van der Waals surface area contributed by atoms with Crippen LogP contribution in [0.3, 0.4) is 0 Å². The van der Waals surface area contributed by atoms with Crippen LogP contribution in [0, 0.1) is 11.6 Å². The number of carbonyl (C=O) groups is 2. The third-order valence-electron chi connectivity index (χ3n) is 12.4. The molecule has 0 aliphatic carbocycles. The lowest BCUT2D eigenvalue weighted by molar-refractivity contribution is 0.102. The molecule has 0 bridgehead atoms. The number of ether oxygens (including phenoxy) is 2. The van der Waals surface area contributed by atoms with Crippen LogP contribution in [0.1, 0.15) is 96.1 Å². The van der Waals surface area contributed by atoms with Crippen molar-refractivity contribution in [3.8, 4) is 11.5 Å². The van der Waals surface area contributed by atoms with Gasteiger partial charge in [-0.15, -0.1) is 11.6 Å². The number of carbonyl (C=O) groups excluding carboxylic acids is 2. The van der Waals surface area contributed by atoms with Gasteiger partial charge in [0.2, 0.25) is 43.5 Å². The van der Waals surface area contributed by atoms with Crippen LogP contribution in [0.4, 0.5) is 32.3 Å². The third kappa shape index (κ3) is 14.6. The second-order valence-electron chi connectivity index (χ2n) is 17.3.